The van der Waals surface area contributed by atoms with Gasteiger partial charge in [-0.15, -0.1) is 0 Å². The third kappa shape index (κ3) is 10.3. The Balaban J connectivity index is 2.45. The maximum absolute atomic E-state index is 10.6. The summed E-state index contributed by atoms with van der Waals surface area (Å²) in [4.78, 5) is 10.6. The van der Waals surface area contributed by atoms with Crippen LogP contribution < -0.4 is 4.74 Å². The molecule has 1 aromatic carbocycles. The van der Waals surface area contributed by atoms with Crippen molar-refractivity contribution in [3.63, 3.8) is 0 Å². The van der Waals surface area contributed by atoms with Crippen LogP contribution in [0.15, 0.2) is 29.4 Å². The van der Waals surface area contributed by atoms with Crippen LogP contribution in [-0.2, 0) is 6.54 Å². The van der Waals surface area contributed by atoms with Crippen molar-refractivity contribution >= 4 is 0 Å². The molecular formula is C22H37NO2. The third-order valence-electron chi connectivity index (χ3n) is 4.76. The highest BCUT2D eigenvalue weighted by molar-refractivity contribution is 5.33. The van der Waals surface area contributed by atoms with Gasteiger partial charge in [0.15, 0.2) is 0 Å². The topological polar surface area (TPSA) is 38.7 Å². The van der Waals surface area contributed by atoms with E-state index in [2.05, 4.69) is 19.0 Å². The van der Waals surface area contributed by atoms with Crippen molar-refractivity contribution in [1.29, 1.82) is 0 Å². The van der Waals surface area contributed by atoms with E-state index in [-0.39, 0.29) is 12.6 Å². The Labute approximate surface area is 154 Å². The van der Waals surface area contributed by atoms with Crippen LogP contribution >= 0.6 is 0 Å². The summed E-state index contributed by atoms with van der Waals surface area (Å²) >= 11 is 0. The second-order valence-electron chi connectivity index (χ2n) is 7.04. The van der Waals surface area contributed by atoms with Crippen molar-refractivity contribution in [1.82, 2.24) is 0 Å². The van der Waals surface area contributed by atoms with E-state index in [1.807, 2.05) is 24.3 Å². The molecule has 1 unspecified atom stereocenters. The lowest BCUT2D eigenvalue weighted by Crippen LogP contribution is -2.17. The van der Waals surface area contributed by atoms with E-state index in [4.69, 9.17) is 4.74 Å². The molecule has 0 amide bonds. The van der Waals surface area contributed by atoms with Crippen LogP contribution in [0, 0.1) is 4.91 Å². The molecule has 0 radical (unpaired) electrons. The summed E-state index contributed by atoms with van der Waals surface area (Å²) in [6.45, 7) is 4.68. The molecule has 142 valence electrons. The molecule has 0 aliphatic carbocycles. The van der Waals surface area contributed by atoms with E-state index in [1.54, 1.807) is 0 Å². The molecule has 1 atom stereocenters. The van der Waals surface area contributed by atoms with E-state index in [1.165, 1.54) is 64.2 Å². The van der Waals surface area contributed by atoms with Gasteiger partial charge < -0.3 is 4.74 Å². The molecule has 3 nitrogen and oxygen atoms in total. The summed E-state index contributed by atoms with van der Waals surface area (Å²) in [6, 6.07) is 7.82. The zero-order valence-electron chi connectivity index (χ0n) is 16.3. The third-order valence-corrected chi connectivity index (χ3v) is 4.76. The molecule has 3 heteroatoms. The summed E-state index contributed by atoms with van der Waals surface area (Å²) in [5, 5.41) is 3.03. The molecule has 0 aliphatic heterocycles. The van der Waals surface area contributed by atoms with Crippen molar-refractivity contribution in [2.45, 2.75) is 104 Å². The van der Waals surface area contributed by atoms with Crippen molar-refractivity contribution in [2.24, 2.45) is 5.18 Å². The molecule has 0 bridgehead atoms. The number of hydrogen-bond acceptors (Lipinski definition) is 3. The highest BCUT2D eigenvalue weighted by Gasteiger charge is 2.13. The highest BCUT2D eigenvalue weighted by Crippen LogP contribution is 2.24. The van der Waals surface area contributed by atoms with Gasteiger partial charge in [0.25, 0.3) is 0 Å². The Bertz CT molecular complexity index is 447. The number of nitrogens with zero attached hydrogens (tertiary/aromatic N) is 1. The molecule has 0 aliphatic rings. The lowest BCUT2D eigenvalue weighted by Gasteiger charge is -2.21. The first kappa shape index (κ1) is 21.7. The van der Waals surface area contributed by atoms with Gasteiger partial charge in [0, 0.05) is 5.56 Å². The van der Waals surface area contributed by atoms with Gasteiger partial charge in [-0.3, -0.25) is 0 Å². The highest BCUT2D eigenvalue weighted by atomic mass is 16.5. The number of nitroso groups, excluding NO2 is 1. The van der Waals surface area contributed by atoms with Gasteiger partial charge in [-0.05, 0) is 31.7 Å². The van der Waals surface area contributed by atoms with Gasteiger partial charge in [0.1, 0.15) is 12.3 Å². The number of ether oxygens (including phenoxy) is 1. The van der Waals surface area contributed by atoms with E-state index in [0.717, 1.165) is 24.2 Å². The average Bonchev–Trinajstić information content (AvgIpc) is 2.62. The quantitative estimate of drug-likeness (QED) is 0.230. The standard InChI is InChI=1S/C22H37NO2/c1-3-5-7-8-9-10-12-17-21(16-11-6-4-2)25-22-18-14-13-15-20(22)19-23-24/h13-15,18,21H,3-12,16-17,19H2,1-2H3. The van der Waals surface area contributed by atoms with Gasteiger partial charge in [0.2, 0.25) is 0 Å². The number of para-hydroxylation sites is 1. The summed E-state index contributed by atoms with van der Waals surface area (Å²) < 4.78 is 6.29. The van der Waals surface area contributed by atoms with Gasteiger partial charge in [-0.25, -0.2) is 0 Å². The number of rotatable bonds is 16. The zero-order valence-corrected chi connectivity index (χ0v) is 16.3. The minimum absolute atomic E-state index is 0.190. The fourth-order valence-electron chi connectivity index (χ4n) is 3.21. The predicted octanol–water partition coefficient (Wildman–Crippen LogP) is 7.42. The van der Waals surface area contributed by atoms with Crippen molar-refractivity contribution in [3.05, 3.63) is 34.7 Å². The van der Waals surface area contributed by atoms with Crippen molar-refractivity contribution in [3.8, 4) is 5.75 Å². The fourth-order valence-corrected chi connectivity index (χ4v) is 3.21. The van der Waals surface area contributed by atoms with Crippen LogP contribution in [-0.4, -0.2) is 6.10 Å². The predicted molar refractivity (Wildman–Crippen MR) is 107 cm³/mol. The van der Waals surface area contributed by atoms with Crippen molar-refractivity contribution < 1.29 is 4.74 Å². The first-order chi connectivity index (χ1) is 12.3. The first-order valence-electron chi connectivity index (χ1n) is 10.4. The second kappa shape index (κ2) is 14.9. The van der Waals surface area contributed by atoms with Crippen LogP contribution in [0.5, 0.6) is 5.75 Å². The Hall–Kier alpha value is -1.38. The summed E-state index contributed by atoms with van der Waals surface area (Å²) in [6.07, 6.45) is 15.5. The summed E-state index contributed by atoms with van der Waals surface area (Å²) in [5.74, 6) is 0.839. The Kier molecular flexibility index (Phi) is 12.9. The molecule has 1 rings (SSSR count). The fraction of sp³-hybridized carbons (Fsp3) is 0.727. The van der Waals surface area contributed by atoms with Gasteiger partial charge in [-0.2, -0.15) is 4.91 Å². The SMILES string of the molecule is CCCCCCCCCC(CCCCC)Oc1ccccc1CN=O. The maximum atomic E-state index is 10.6. The Morgan fingerprint density at radius 3 is 2.08 bits per heavy atom. The molecule has 25 heavy (non-hydrogen) atoms. The first-order valence-corrected chi connectivity index (χ1v) is 10.4. The van der Waals surface area contributed by atoms with Gasteiger partial charge >= 0.3 is 0 Å². The van der Waals surface area contributed by atoms with E-state index < -0.39 is 0 Å². The molecule has 0 fully saturated rings. The van der Waals surface area contributed by atoms with Gasteiger partial charge in [-0.1, -0.05) is 88.6 Å². The normalized spacial score (nSPS) is 12.1. The lowest BCUT2D eigenvalue weighted by molar-refractivity contribution is 0.171. The van der Waals surface area contributed by atoms with Crippen LogP contribution in [0.1, 0.15) is 96.5 Å². The Morgan fingerprint density at radius 1 is 0.840 bits per heavy atom. The molecule has 0 saturated heterocycles. The largest absolute Gasteiger partial charge is 0.490 e. The molecule has 0 spiro atoms. The van der Waals surface area contributed by atoms with Crippen LogP contribution in [0.4, 0.5) is 0 Å². The maximum Gasteiger partial charge on any atom is 0.124 e. The second-order valence-corrected chi connectivity index (χ2v) is 7.04. The number of unbranched alkanes of at least 4 members (excludes halogenated alkanes) is 8. The Morgan fingerprint density at radius 2 is 1.40 bits per heavy atom. The van der Waals surface area contributed by atoms with Crippen LogP contribution in [0.2, 0.25) is 0 Å². The monoisotopic (exact) mass is 347 g/mol. The van der Waals surface area contributed by atoms with Crippen LogP contribution in [0.3, 0.4) is 0 Å². The van der Waals surface area contributed by atoms with E-state index in [9.17, 15) is 4.91 Å². The van der Waals surface area contributed by atoms with Crippen molar-refractivity contribution in [2.75, 3.05) is 0 Å². The van der Waals surface area contributed by atoms with Crippen LogP contribution in [0.25, 0.3) is 0 Å². The summed E-state index contributed by atoms with van der Waals surface area (Å²) in [5.41, 5.74) is 0.901. The minimum Gasteiger partial charge on any atom is -0.490 e. The lowest BCUT2D eigenvalue weighted by atomic mass is 10.0. The zero-order chi connectivity index (χ0) is 18.2. The molecule has 0 aromatic heterocycles. The minimum atomic E-state index is 0.190. The number of hydrogen-bond donors (Lipinski definition) is 0. The molecule has 0 saturated carbocycles. The molecule has 1 aromatic rings. The molecular weight excluding hydrogens is 310 g/mol. The smallest absolute Gasteiger partial charge is 0.124 e. The average molecular weight is 348 g/mol. The van der Waals surface area contributed by atoms with Gasteiger partial charge in [0.05, 0.1) is 6.10 Å². The van der Waals surface area contributed by atoms with E-state index >= 15 is 0 Å². The number of benzene rings is 1. The molecule has 0 heterocycles. The molecule has 0 N–H and O–H groups in total. The summed E-state index contributed by atoms with van der Waals surface area (Å²) in [7, 11) is 0. The van der Waals surface area contributed by atoms with E-state index in [0.29, 0.717) is 0 Å².